The zero-order chi connectivity index (χ0) is 24.3. The molecule has 34 heavy (non-hydrogen) atoms. The Labute approximate surface area is 188 Å². The van der Waals surface area contributed by atoms with Crippen molar-refractivity contribution >= 4 is 22.8 Å². The number of imidazole rings is 1. The molecule has 176 valence electrons. The highest BCUT2D eigenvalue weighted by Gasteiger charge is 2.38. The van der Waals surface area contributed by atoms with E-state index in [1.54, 1.807) is 12.1 Å². The number of para-hydroxylation sites is 2. The summed E-state index contributed by atoms with van der Waals surface area (Å²) in [5, 5.41) is 8.43. The second-order valence-electron chi connectivity index (χ2n) is 7.02. The van der Waals surface area contributed by atoms with E-state index in [1.165, 1.54) is 30.3 Å². The lowest BCUT2D eigenvalue weighted by Crippen LogP contribution is -2.35. The number of hydrogen-bond donors (Lipinski definition) is 2. The molecule has 0 aliphatic carbocycles. The van der Waals surface area contributed by atoms with Crippen molar-refractivity contribution in [1.82, 2.24) is 30.3 Å². The van der Waals surface area contributed by atoms with Gasteiger partial charge in [0.2, 0.25) is 5.82 Å². The van der Waals surface area contributed by atoms with E-state index in [0.717, 1.165) is 10.6 Å². The number of benzene rings is 2. The molecule has 0 fully saturated rings. The van der Waals surface area contributed by atoms with E-state index in [-0.39, 0.29) is 35.5 Å². The first-order valence-electron chi connectivity index (χ1n) is 9.90. The highest BCUT2D eigenvalue weighted by atomic mass is 19.4. The molecule has 0 saturated heterocycles. The summed E-state index contributed by atoms with van der Waals surface area (Å²) in [7, 11) is 0. The molecule has 0 bridgehead atoms. The van der Waals surface area contributed by atoms with Gasteiger partial charge in [0.25, 0.3) is 5.91 Å². The topological polar surface area (TPSA) is 115 Å². The zero-order valence-corrected chi connectivity index (χ0v) is 17.3. The number of nitrogens with one attached hydrogen (secondary N) is 2. The average molecular weight is 476 g/mol. The molecule has 2 aromatic heterocycles. The van der Waals surface area contributed by atoms with Crippen LogP contribution in [0.5, 0.6) is 0 Å². The molecule has 0 saturated carbocycles. The minimum absolute atomic E-state index is 0.0180. The lowest BCUT2D eigenvalue weighted by atomic mass is 10.2. The fourth-order valence-corrected chi connectivity index (χ4v) is 3.17. The van der Waals surface area contributed by atoms with Crippen LogP contribution in [0.3, 0.4) is 0 Å². The summed E-state index contributed by atoms with van der Waals surface area (Å²) in [6.45, 7) is -0.484. The fraction of sp³-hybridized carbons (Fsp3) is 0.190. The van der Waals surface area contributed by atoms with Crippen LogP contribution in [0.4, 0.5) is 17.6 Å². The van der Waals surface area contributed by atoms with Gasteiger partial charge in [0.05, 0.1) is 23.1 Å². The van der Waals surface area contributed by atoms with Crippen LogP contribution in [0.15, 0.2) is 53.1 Å². The Balaban J connectivity index is 1.37. The van der Waals surface area contributed by atoms with Gasteiger partial charge in [-0.1, -0.05) is 29.4 Å². The predicted molar refractivity (Wildman–Crippen MR) is 109 cm³/mol. The number of halogens is 4. The lowest BCUT2D eigenvalue weighted by molar-refractivity contribution is -0.146. The molecule has 2 aromatic carbocycles. The van der Waals surface area contributed by atoms with Crippen LogP contribution in [0.25, 0.3) is 11.0 Å². The molecule has 0 radical (unpaired) electrons. The third-order valence-electron chi connectivity index (χ3n) is 4.68. The summed E-state index contributed by atoms with van der Waals surface area (Å²) in [6, 6.07) is 11.5. The van der Waals surface area contributed by atoms with Gasteiger partial charge in [0, 0.05) is 13.1 Å². The van der Waals surface area contributed by atoms with Crippen LogP contribution in [0.2, 0.25) is 0 Å². The summed E-state index contributed by atoms with van der Waals surface area (Å²) in [5.74, 6) is -3.87. The smallest absolute Gasteiger partial charge is 0.350 e. The van der Waals surface area contributed by atoms with Gasteiger partial charge in [-0.2, -0.15) is 18.2 Å². The Morgan fingerprint density at radius 3 is 2.35 bits per heavy atom. The summed E-state index contributed by atoms with van der Waals surface area (Å²) in [6.07, 6.45) is -4.71. The number of carbonyl (C=O) groups is 2. The Kier molecular flexibility index (Phi) is 6.25. The lowest BCUT2D eigenvalue weighted by Gasteiger charge is -2.09. The molecule has 9 nitrogen and oxygen atoms in total. The maximum Gasteiger partial charge on any atom is 0.449 e. The molecule has 0 aliphatic heterocycles. The summed E-state index contributed by atoms with van der Waals surface area (Å²) in [5.41, 5.74) is 0.227. The maximum absolute atomic E-state index is 13.6. The number of aromatic nitrogens is 4. The van der Waals surface area contributed by atoms with Crippen molar-refractivity contribution in [3.63, 3.8) is 0 Å². The Morgan fingerprint density at radius 2 is 1.62 bits per heavy atom. The van der Waals surface area contributed by atoms with Gasteiger partial charge in [-0.05, 0) is 24.3 Å². The highest BCUT2D eigenvalue weighted by Crippen LogP contribution is 2.31. The van der Waals surface area contributed by atoms with Gasteiger partial charge < -0.3 is 19.7 Å². The number of amides is 2. The quantitative estimate of drug-likeness (QED) is 0.313. The number of hydrogen-bond acceptors (Lipinski definition) is 6. The SMILES string of the molecule is O=C(NCCNC(=O)c1ccccc1F)c1nc(Cn2c(C(F)(F)F)nc3ccccc32)no1. The average Bonchev–Trinajstić information content (AvgIpc) is 3.42. The second-order valence-corrected chi connectivity index (χ2v) is 7.02. The number of carbonyl (C=O) groups excluding carboxylic acids is 2. The van der Waals surface area contributed by atoms with Gasteiger partial charge in [-0.3, -0.25) is 9.59 Å². The van der Waals surface area contributed by atoms with E-state index < -0.39 is 42.1 Å². The van der Waals surface area contributed by atoms with Crippen molar-refractivity contribution in [1.29, 1.82) is 0 Å². The van der Waals surface area contributed by atoms with Crippen LogP contribution in [0.1, 0.15) is 32.7 Å². The molecule has 0 aliphatic rings. The van der Waals surface area contributed by atoms with Gasteiger partial charge in [-0.25, -0.2) is 9.37 Å². The van der Waals surface area contributed by atoms with Crippen molar-refractivity contribution < 1.29 is 31.7 Å². The first-order chi connectivity index (χ1) is 16.2. The molecule has 2 heterocycles. The van der Waals surface area contributed by atoms with E-state index in [4.69, 9.17) is 4.52 Å². The van der Waals surface area contributed by atoms with E-state index in [1.807, 2.05) is 0 Å². The maximum atomic E-state index is 13.6. The van der Waals surface area contributed by atoms with Crippen molar-refractivity contribution in [2.24, 2.45) is 0 Å². The Hall–Kier alpha value is -4.29. The second kappa shape index (κ2) is 9.29. The Bertz CT molecular complexity index is 1350. The normalized spacial score (nSPS) is 11.5. The minimum atomic E-state index is -4.71. The van der Waals surface area contributed by atoms with Crippen LogP contribution in [-0.2, 0) is 12.7 Å². The van der Waals surface area contributed by atoms with Gasteiger partial charge >= 0.3 is 18.0 Å². The predicted octanol–water partition coefficient (Wildman–Crippen LogP) is 2.79. The van der Waals surface area contributed by atoms with Crippen molar-refractivity contribution in [3.05, 3.63) is 77.5 Å². The molecule has 2 N–H and O–H groups in total. The van der Waals surface area contributed by atoms with E-state index >= 15 is 0 Å². The molecule has 0 unspecified atom stereocenters. The number of rotatable bonds is 7. The molecule has 4 rings (SSSR count). The molecule has 2 amide bonds. The molecular weight excluding hydrogens is 460 g/mol. The first-order valence-corrected chi connectivity index (χ1v) is 9.90. The minimum Gasteiger partial charge on any atom is -0.350 e. The van der Waals surface area contributed by atoms with Gasteiger partial charge in [-0.15, -0.1) is 0 Å². The van der Waals surface area contributed by atoms with Crippen molar-refractivity contribution in [2.75, 3.05) is 13.1 Å². The number of nitrogens with zero attached hydrogens (tertiary/aromatic N) is 4. The number of fused-ring (bicyclic) bond motifs is 1. The number of alkyl halides is 3. The molecule has 0 spiro atoms. The van der Waals surface area contributed by atoms with Crippen molar-refractivity contribution in [3.8, 4) is 0 Å². The van der Waals surface area contributed by atoms with E-state index in [2.05, 4.69) is 25.8 Å². The summed E-state index contributed by atoms with van der Waals surface area (Å²) >= 11 is 0. The third-order valence-corrected chi connectivity index (χ3v) is 4.68. The van der Waals surface area contributed by atoms with Crippen LogP contribution in [-0.4, -0.2) is 44.6 Å². The highest BCUT2D eigenvalue weighted by molar-refractivity contribution is 5.94. The summed E-state index contributed by atoms with van der Waals surface area (Å²) in [4.78, 5) is 31.6. The van der Waals surface area contributed by atoms with Crippen LogP contribution < -0.4 is 10.6 Å². The van der Waals surface area contributed by atoms with Gasteiger partial charge in [0.15, 0.2) is 5.82 Å². The zero-order valence-electron chi connectivity index (χ0n) is 17.3. The van der Waals surface area contributed by atoms with Crippen molar-refractivity contribution in [2.45, 2.75) is 12.7 Å². The first kappa shape index (κ1) is 22.9. The van der Waals surface area contributed by atoms with Crippen LogP contribution >= 0.6 is 0 Å². The standard InChI is InChI=1S/C21H16F4N6O3/c22-13-6-2-1-5-12(13)17(32)26-9-10-27-18(33)19-29-16(30-34-19)11-31-15-8-4-3-7-14(15)28-20(31)21(23,24)25/h1-8H,9-11H2,(H,26,32)(H,27,33). The summed E-state index contributed by atoms with van der Waals surface area (Å²) < 4.78 is 59.6. The largest absolute Gasteiger partial charge is 0.449 e. The molecular formula is C21H16F4N6O3. The third kappa shape index (κ3) is 4.87. The molecule has 13 heteroatoms. The molecule has 4 aromatic rings. The van der Waals surface area contributed by atoms with Gasteiger partial charge in [0.1, 0.15) is 5.82 Å². The van der Waals surface area contributed by atoms with E-state index in [9.17, 15) is 27.2 Å². The Morgan fingerprint density at radius 1 is 0.941 bits per heavy atom. The molecule has 0 atom stereocenters. The monoisotopic (exact) mass is 476 g/mol. The van der Waals surface area contributed by atoms with Crippen LogP contribution in [0, 0.1) is 5.82 Å². The van der Waals surface area contributed by atoms with E-state index in [0.29, 0.717) is 0 Å². The fourth-order valence-electron chi connectivity index (χ4n) is 3.17.